The van der Waals surface area contributed by atoms with Gasteiger partial charge in [0.1, 0.15) is 5.82 Å². The zero-order valence-electron chi connectivity index (χ0n) is 11.5. The Balaban J connectivity index is 2.37. The van der Waals surface area contributed by atoms with Crippen LogP contribution < -0.4 is 0 Å². The van der Waals surface area contributed by atoms with Crippen molar-refractivity contribution >= 4 is 26.7 Å². The lowest BCUT2D eigenvalue weighted by Gasteiger charge is -2.20. The summed E-state index contributed by atoms with van der Waals surface area (Å²) in [6.45, 7) is 4.47. The van der Waals surface area contributed by atoms with Crippen molar-refractivity contribution in [2.75, 3.05) is 0 Å². The molecule has 0 aliphatic rings. The maximum absolute atomic E-state index is 13.8. The molecular formula is C17H20BrF. The first kappa shape index (κ1) is 14.5. The predicted molar refractivity (Wildman–Crippen MR) is 84.3 cm³/mol. The summed E-state index contributed by atoms with van der Waals surface area (Å²) in [5.41, 5.74) is 1.20. The number of fused-ring (bicyclic) bond motifs is 1. The quantitative estimate of drug-likeness (QED) is 0.571. The average molecular weight is 323 g/mol. The van der Waals surface area contributed by atoms with Crippen LogP contribution >= 0.6 is 15.9 Å². The Bertz CT molecular complexity index is 550. The van der Waals surface area contributed by atoms with Crippen LogP contribution in [0.4, 0.5) is 4.39 Å². The van der Waals surface area contributed by atoms with Crippen molar-refractivity contribution in [3.05, 3.63) is 47.8 Å². The molecule has 0 N–H and O–H groups in total. The molecule has 2 atom stereocenters. The SMILES string of the molecule is CCCCC(C)C(Br)c1ccc(F)c2ccccc12. The number of unbranched alkanes of at least 4 members (excludes halogenated alkanes) is 1. The third-order valence-electron chi connectivity index (χ3n) is 3.71. The van der Waals surface area contributed by atoms with Crippen LogP contribution in [-0.2, 0) is 0 Å². The van der Waals surface area contributed by atoms with E-state index in [-0.39, 0.29) is 10.6 Å². The first-order valence-corrected chi connectivity index (χ1v) is 7.88. The van der Waals surface area contributed by atoms with Gasteiger partial charge in [-0.05, 0) is 29.4 Å². The minimum atomic E-state index is -0.139. The number of benzene rings is 2. The van der Waals surface area contributed by atoms with Crippen LogP contribution in [0.3, 0.4) is 0 Å². The van der Waals surface area contributed by atoms with Crippen molar-refractivity contribution in [3.8, 4) is 0 Å². The van der Waals surface area contributed by atoms with Gasteiger partial charge in [0.05, 0.1) is 0 Å². The van der Waals surface area contributed by atoms with Gasteiger partial charge in [-0.3, -0.25) is 0 Å². The predicted octanol–water partition coefficient (Wildman–Crippen LogP) is 6.24. The second-order valence-corrected chi connectivity index (χ2v) is 6.19. The maximum Gasteiger partial charge on any atom is 0.131 e. The molecule has 0 aromatic heterocycles. The van der Waals surface area contributed by atoms with E-state index < -0.39 is 0 Å². The van der Waals surface area contributed by atoms with Gasteiger partial charge in [-0.1, -0.05) is 73.0 Å². The lowest BCUT2D eigenvalue weighted by molar-refractivity contribution is 0.501. The van der Waals surface area contributed by atoms with Crippen molar-refractivity contribution in [1.82, 2.24) is 0 Å². The highest BCUT2D eigenvalue weighted by atomic mass is 79.9. The van der Waals surface area contributed by atoms with Crippen molar-refractivity contribution in [2.45, 2.75) is 37.9 Å². The molecule has 2 aromatic rings. The molecule has 102 valence electrons. The highest BCUT2D eigenvalue weighted by molar-refractivity contribution is 9.09. The Morgan fingerprint density at radius 1 is 1.11 bits per heavy atom. The van der Waals surface area contributed by atoms with Gasteiger partial charge in [-0.15, -0.1) is 0 Å². The molecule has 0 nitrogen and oxygen atoms in total. The summed E-state index contributed by atoms with van der Waals surface area (Å²) < 4.78 is 13.8. The summed E-state index contributed by atoms with van der Waals surface area (Å²) in [5.74, 6) is 0.411. The van der Waals surface area contributed by atoms with Crippen LogP contribution in [0.2, 0.25) is 0 Å². The van der Waals surface area contributed by atoms with Crippen molar-refractivity contribution < 1.29 is 4.39 Å². The first-order valence-electron chi connectivity index (χ1n) is 6.96. The topological polar surface area (TPSA) is 0 Å². The van der Waals surface area contributed by atoms with Gasteiger partial charge >= 0.3 is 0 Å². The molecule has 2 heteroatoms. The third-order valence-corrected chi connectivity index (χ3v) is 5.11. The minimum Gasteiger partial charge on any atom is -0.206 e. The van der Waals surface area contributed by atoms with Crippen molar-refractivity contribution in [2.24, 2.45) is 5.92 Å². The summed E-state index contributed by atoms with van der Waals surface area (Å²) in [7, 11) is 0. The zero-order valence-corrected chi connectivity index (χ0v) is 13.1. The summed E-state index contributed by atoms with van der Waals surface area (Å²) >= 11 is 3.80. The molecule has 0 heterocycles. The molecule has 19 heavy (non-hydrogen) atoms. The van der Waals surface area contributed by atoms with E-state index in [0.29, 0.717) is 11.3 Å². The third kappa shape index (κ3) is 3.17. The van der Waals surface area contributed by atoms with E-state index in [1.54, 1.807) is 6.07 Å². The fourth-order valence-corrected chi connectivity index (χ4v) is 3.17. The van der Waals surface area contributed by atoms with E-state index in [0.717, 1.165) is 5.39 Å². The molecule has 0 saturated carbocycles. The molecule has 0 spiro atoms. The Labute approximate surface area is 123 Å². The van der Waals surface area contributed by atoms with E-state index in [2.05, 4.69) is 29.8 Å². The Kier molecular flexibility index (Phi) is 4.98. The number of hydrogen-bond donors (Lipinski definition) is 0. The average Bonchev–Trinajstić information content (AvgIpc) is 2.45. The standard InChI is InChI=1S/C17H20BrF/c1-3-4-7-12(2)17(18)15-10-11-16(19)14-9-6-5-8-13(14)15/h5-6,8-12,17H,3-4,7H2,1-2H3. The van der Waals surface area contributed by atoms with E-state index in [1.807, 2.05) is 30.3 Å². The number of alkyl halides is 1. The fraction of sp³-hybridized carbons (Fsp3) is 0.412. The molecule has 0 bridgehead atoms. The van der Waals surface area contributed by atoms with Crippen LogP contribution in [0.25, 0.3) is 10.8 Å². The lowest BCUT2D eigenvalue weighted by Crippen LogP contribution is -2.04. The maximum atomic E-state index is 13.8. The van der Waals surface area contributed by atoms with Crippen LogP contribution in [0.5, 0.6) is 0 Å². The van der Waals surface area contributed by atoms with Gasteiger partial charge < -0.3 is 0 Å². The highest BCUT2D eigenvalue weighted by Crippen LogP contribution is 2.38. The zero-order chi connectivity index (χ0) is 13.8. The van der Waals surface area contributed by atoms with Gasteiger partial charge in [0.2, 0.25) is 0 Å². The van der Waals surface area contributed by atoms with Gasteiger partial charge in [-0.25, -0.2) is 4.39 Å². The monoisotopic (exact) mass is 322 g/mol. The highest BCUT2D eigenvalue weighted by Gasteiger charge is 2.18. The molecule has 0 amide bonds. The van der Waals surface area contributed by atoms with E-state index >= 15 is 0 Å². The summed E-state index contributed by atoms with van der Waals surface area (Å²) in [6.07, 6.45) is 3.65. The molecule has 0 saturated heterocycles. The van der Waals surface area contributed by atoms with Gasteiger partial charge in [0.15, 0.2) is 0 Å². The van der Waals surface area contributed by atoms with Gasteiger partial charge in [-0.2, -0.15) is 0 Å². The van der Waals surface area contributed by atoms with E-state index in [4.69, 9.17) is 0 Å². The lowest BCUT2D eigenvalue weighted by atomic mass is 9.92. The normalized spacial score (nSPS) is 14.5. The Morgan fingerprint density at radius 2 is 1.79 bits per heavy atom. The summed E-state index contributed by atoms with van der Waals surface area (Å²) in [6, 6.07) is 11.2. The van der Waals surface area contributed by atoms with Gasteiger partial charge in [0, 0.05) is 10.2 Å². The largest absolute Gasteiger partial charge is 0.206 e. The number of halogens is 2. The minimum absolute atomic E-state index is 0.139. The van der Waals surface area contributed by atoms with Gasteiger partial charge in [0.25, 0.3) is 0 Å². The summed E-state index contributed by atoms with van der Waals surface area (Å²) in [5, 5.41) is 1.74. The van der Waals surface area contributed by atoms with Crippen molar-refractivity contribution in [3.63, 3.8) is 0 Å². The molecule has 0 aliphatic carbocycles. The van der Waals surface area contributed by atoms with E-state index in [9.17, 15) is 4.39 Å². The first-order chi connectivity index (χ1) is 9.15. The molecular weight excluding hydrogens is 303 g/mol. The smallest absolute Gasteiger partial charge is 0.131 e. The Hall–Kier alpha value is -0.890. The Morgan fingerprint density at radius 3 is 2.47 bits per heavy atom. The van der Waals surface area contributed by atoms with Crippen LogP contribution in [0, 0.1) is 11.7 Å². The van der Waals surface area contributed by atoms with E-state index in [1.165, 1.54) is 24.8 Å². The number of hydrogen-bond acceptors (Lipinski definition) is 0. The fourth-order valence-electron chi connectivity index (χ4n) is 2.51. The molecule has 0 aliphatic heterocycles. The number of rotatable bonds is 5. The second kappa shape index (κ2) is 6.51. The molecule has 2 unspecified atom stereocenters. The van der Waals surface area contributed by atoms with Crippen LogP contribution in [-0.4, -0.2) is 0 Å². The summed E-state index contributed by atoms with van der Waals surface area (Å²) in [4.78, 5) is 0.282. The van der Waals surface area contributed by atoms with Crippen LogP contribution in [0.1, 0.15) is 43.5 Å². The van der Waals surface area contributed by atoms with Crippen molar-refractivity contribution in [1.29, 1.82) is 0 Å². The molecule has 0 fully saturated rings. The molecule has 2 rings (SSSR count). The molecule has 0 radical (unpaired) electrons. The van der Waals surface area contributed by atoms with Crippen LogP contribution in [0.15, 0.2) is 36.4 Å². The molecule has 2 aromatic carbocycles. The second-order valence-electron chi connectivity index (χ2n) is 5.20.